The van der Waals surface area contributed by atoms with Gasteiger partial charge in [-0.05, 0) is 42.8 Å². The van der Waals surface area contributed by atoms with E-state index in [0.29, 0.717) is 12.2 Å². The highest BCUT2D eigenvalue weighted by Crippen LogP contribution is 2.29. The van der Waals surface area contributed by atoms with Crippen molar-refractivity contribution in [1.29, 1.82) is 0 Å². The first-order chi connectivity index (χ1) is 13.5. The number of aromatic nitrogens is 2. The Balaban J connectivity index is 1.69. The molecule has 0 atom stereocenters. The minimum atomic E-state index is -3.01. The molecule has 0 bridgehead atoms. The van der Waals surface area contributed by atoms with Crippen molar-refractivity contribution in [1.82, 2.24) is 9.55 Å². The van der Waals surface area contributed by atoms with Gasteiger partial charge in [0.15, 0.2) is 11.5 Å². The third kappa shape index (κ3) is 4.64. The number of benzene rings is 2. The average Bonchev–Trinajstić information content (AvgIpc) is 3.07. The Bertz CT molecular complexity index is 956. The van der Waals surface area contributed by atoms with E-state index in [9.17, 15) is 13.6 Å². The van der Waals surface area contributed by atoms with Gasteiger partial charge in [0.1, 0.15) is 5.82 Å². The molecule has 3 aromatic rings. The fourth-order valence-electron chi connectivity index (χ4n) is 2.67. The van der Waals surface area contributed by atoms with Gasteiger partial charge in [-0.15, -0.1) is 0 Å². The lowest BCUT2D eigenvalue weighted by Crippen LogP contribution is -2.13. The molecular weight excluding hydrogens is 368 g/mol. The molecule has 0 saturated carbocycles. The zero-order chi connectivity index (χ0) is 20.1. The summed E-state index contributed by atoms with van der Waals surface area (Å²) in [4.78, 5) is 16.6. The number of halogens is 2. The predicted octanol–water partition coefficient (Wildman–Crippen LogP) is 4.10. The van der Waals surface area contributed by atoms with Gasteiger partial charge < -0.3 is 19.4 Å². The summed E-state index contributed by atoms with van der Waals surface area (Å²) in [6.07, 6.45) is 3.64. The summed E-state index contributed by atoms with van der Waals surface area (Å²) >= 11 is 0. The van der Waals surface area contributed by atoms with Gasteiger partial charge in [-0.2, -0.15) is 8.78 Å². The number of methoxy groups -OCH3 is 1. The molecule has 28 heavy (non-hydrogen) atoms. The summed E-state index contributed by atoms with van der Waals surface area (Å²) in [6, 6.07) is 11.4. The molecule has 2 aromatic carbocycles. The molecule has 146 valence electrons. The van der Waals surface area contributed by atoms with Gasteiger partial charge in [-0.25, -0.2) is 4.98 Å². The SMILES string of the molecule is COc1ccc(C(=O)Nc2ccc(Cn3ccnc3C)cc2)cc1OC(F)F. The van der Waals surface area contributed by atoms with E-state index in [1.807, 2.05) is 29.8 Å². The van der Waals surface area contributed by atoms with Gasteiger partial charge >= 0.3 is 6.61 Å². The van der Waals surface area contributed by atoms with Crippen LogP contribution in [0.2, 0.25) is 0 Å². The first-order valence-electron chi connectivity index (χ1n) is 8.47. The highest BCUT2D eigenvalue weighted by atomic mass is 19.3. The van der Waals surface area contributed by atoms with Crippen LogP contribution in [0.15, 0.2) is 54.9 Å². The molecule has 0 unspecified atom stereocenters. The van der Waals surface area contributed by atoms with Crippen LogP contribution in [0.4, 0.5) is 14.5 Å². The van der Waals surface area contributed by atoms with Crippen molar-refractivity contribution in [3.05, 3.63) is 71.8 Å². The van der Waals surface area contributed by atoms with Crippen molar-refractivity contribution < 1.29 is 23.0 Å². The second-order valence-corrected chi connectivity index (χ2v) is 6.00. The van der Waals surface area contributed by atoms with E-state index in [2.05, 4.69) is 15.0 Å². The normalized spacial score (nSPS) is 10.8. The second kappa shape index (κ2) is 8.51. The minimum absolute atomic E-state index is 0.121. The smallest absolute Gasteiger partial charge is 0.387 e. The zero-order valence-electron chi connectivity index (χ0n) is 15.4. The van der Waals surface area contributed by atoms with Crippen LogP contribution in [0.5, 0.6) is 11.5 Å². The van der Waals surface area contributed by atoms with E-state index in [-0.39, 0.29) is 17.1 Å². The maximum absolute atomic E-state index is 12.5. The Morgan fingerprint density at radius 3 is 2.54 bits per heavy atom. The fraction of sp³-hybridized carbons (Fsp3) is 0.200. The first kappa shape index (κ1) is 19.3. The average molecular weight is 387 g/mol. The second-order valence-electron chi connectivity index (χ2n) is 6.00. The summed E-state index contributed by atoms with van der Waals surface area (Å²) in [5, 5.41) is 2.73. The molecule has 0 aliphatic carbocycles. The molecule has 0 aliphatic rings. The number of carbonyl (C=O) groups excluding carboxylic acids is 1. The summed E-state index contributed by atoms with van der Waals surface area (Å²) < 4.78 is 36.4. The van der Waals surface area contributed by atoms with Gasteiger partial charge in [0, 0.05) is 30.2 Å². The van der Waals surface area contributed by atoms with Gasteiger partial charge in [0.25, 0.3) is 5.91 Å². The Hall–Kier alpha value is -3.42. The Labute approximate surface area is 160 Å². The molecule has 8 heteroatoms. The molecular formula is C20H19F2N3O3. The number of ether oxygens (including phenoxy) is 2. The molecule has 1 N–H and O–H groups in total. The number of hydrogen-bond donors (Lipinski definition) is 1. The van der Waals surface area contributed by atoms with Crippen molar-refractivity contribution in [3.8, 4) is 11.5 Å². The van der Waals surface area contributed by atoms with E-state index in [0.717, 1.165) is 11.4 Å². The van der Waals surface area contributed by atoms with Crippen LogP contribution >= 0.6 is 0 Å². The third-order valence-corrected chi connectivity index (χ3v) is 4.13. The summed E-state index contributed by atoms with van der Waals surface area (Å²) in [5.41, 5.74) is 1.81. The van der Waals surface area contributed by atoms with E-state index in [1.54, 1.807) is 18.3 Å². The van der Waals surface area contributed by atoms with E-state index in [1.165, 1.54) is 25.3 Å². The lowest BCUT2D eigenvalue weighted by Gasteiger charge is -2.12. The number of nitrogens with one attached hydrogen (secondary N) is 1. The van der Waals surface area contributed by atoms with Crippen LogP contribution < -0.4 is 14.8 Å². The van der Waals surface area contributed by atoms with Gasteiger partial charge in [0.05, 0.1) is 7.11 Å². The number of carbonyl (C=O) groups is 1. The highest BCUT2D eigenvalue weighted by molar-refractivity contribution is 6.04. The molecule has 0 saturated heterocycles. The molecule has 0 aliphatic heterocycles. The maximum Gasteiger partial charge on any atom is 0.387 e. The van der Waals surface area contributed by atoms with Crippen molar-refractivity contribution in [3.63, 3.8) is 0 Å². The third-order valence-electron chi connectivity index (χ3n) is 4.13. The Kier molecular flexibility index (Phi) is 5.88. The van der Waals surface area contributed by atoms with Crippen molar-refractivity contribution in [2.45, 2.75) is 20.1 Å². The minimum Gasteiger partial charge on any atom is -0.493 e. The van der Waals surface area contributed by atoms with Crippen molar-refractivity contribution in [2.75, 3.05) is 12.4 Å². The quantitative estimate of drug-likeness (QED) is 0.663. The van der Waals surface area contributed by atoms with Crippen molar-refractivity contribution >= 4 is 11.6 Å². The number of imidazole rings is 1. The molecule has 0 spiro atoms. The summed E-state index contributed by atoms with van der Waals surface area (Å²) in [7, 11) is 1.33. The first-order valence-corrected chi connectivity index (χ1v) is 8.47. The lowest BCUT2D eigenvalue weighted by atomic mass is 10.1. The topological polar surface area (TPSA) is 65.4 Å². The largest absolute Gasteiger partial charge is 0.493 e. The number of amides is 1. The predicted molar refractivity (Wildman–Crippen MR) is 100 cm³/mol. The number of hydrogen-bond acceptors (Lipinski definition) is 4. The van der Waals surface area contributed by atoms with E-state index >= 15 is 0 Å². The van der Waals surface area contributed by atoms with E-state index < -0.39 is 12.5 Å². The highest BCUT2D eigenvalue weighted by Gasteiger charge is 2.15. The zero-order valence-corrected chi connectivity index (χ0v) is 15.4. The molecule has 1 heterocycles. The van der Waals surface area contributed by atoms with E-state index in [4.69, 9.17) is 4.74 Å². The number of alkyl halides is 2. The Morgan fingerprint density at radius 2 is 1.93 bits per heavy atom. The maximum atomic E-state index is 12.5. The fourth-order valence-corrected chi connectivity index (χ4v) is 2.67. The molecule has 3 rings (SSSR count). The molecule has 6 nitrogen and oxygen atoms in total. The van der Waals surface area contributed by atoms with Crippen LogP contribution in [-0.4, -0.2) is 29.2 Å². The summed E-state index contributed by atoms with van der Waals surface area (Å²) in [6.45, 7) is -0.415. The lowest BCUT2D eigenvalue weighted by molar-refractivity contribution is -0.0512. The molecule has 1 aromatic heterocycles. The number of anilines is 1. The molecule has 1 amide bonds. The van der Waals surface area contributed by atoms with Crippen LogP contribution in [0.3, 0.4) is 0 Å². The monoisotopic (exact) mass is 387 g/mol. The summed E-state index contributed by atoms with van der Waals surface area (Å²) in [5.74, 6) is 0.394. The molecule has 0 radical (unpaired) electrons. The number of aryl methyl sites for hydroxylation is 1. The van der Waals surface area contributed by atoms with Crippen molar-refractivity contribution in [2.24, 2.45) is 0 Å². The van der Waals surface area contributed by atoms with Crippen LogP contribution in [0.1, 0.15) is 21.7 Å². The van der Waals surface area contributed by atoms with Crippen LogP contribution in [-0.2, 0) is 6.54 Å². The van der Waals surface area contributed by atoms with Crippen LogP contribution in [0, 0.1) is 6.92 Å². The standard InChI is InChI=1S/C20H19F2N3O3/c1-13-23-9-10-25(13)12-14-3-6-16(7-4-14)24-19(26)15-5-8-17(27-2)18(11-15)28-20(21)22/h3-11,20H,12H2,1-2H3,(H,24,26). The van der Waals surface area contributed by atoms with Crippen LogP contribution in [0.25, 0.3) is 0 Å². The van der Waals surface area contributed by atoms with Gasteiger partial charge in [-0.3, -0.25) is 4.79 Å². The van der Waals surface area contributed by atoms with Gasteiger partial charge in [-0.1, -0.05) is 12.1 Å². The Morgan fingerprint density at radius 1 is 1.18 bits per heavy atom. The number of nitrogens with zero attached hydrogens (tertiary/aromatic N) is 2. The molecule has 0 fully saturated rings. The number of rotatable bonds is 7. The van der Waals surface area contributed by atoms with Gasteiger partial charge in [0.2, 0.25) is 0 Å².